The second-order valence-corrected chi connectivity index (χ2v) is 4.41. The summed E-state index contributed by atoms with van der Waals surface area (Å²) in [5, 5.41) is 9.80. The molecule has 1 N–H and O–H groups in total. The number of aliphatic hydroxyl groups excluding tert-OH is 1. The zero-order chi connectivity index (χ0) is 12.1. The van der Waals surface area contributed by atoms with Gasteiger partial charge in [-0.2, -0.15) is 0 Å². The lowest BCUT2D eigenvalue weighted by Gasteiger charge is -2.14. The van der Waals surface area contributed by atoms with Gasteiger partial charge in [0.1, 0.15) is 0 Å². The van der Waals surface area contributed by atoms with E-state index in [0.29, 0.717) is 12.1 Å². The van der Waals surface area contributed by atoms with Gasteiger partial charge in [-0.3, -0.25) is 4.98 Å². The molecule has 0 amide bonds. The molecule has 0 aliphatic rings. The van der Waals surface area contributed by atoms with Crippen LogP contribution in [0.4, 0.5) is 0 Å². The van der Waals surface area contributed by atoms with Gasteiger partial charge in [0.05, 0.1) is 17.2 Å². The molecule has 1 heterocycles. The number of rotatable bonds is 4. The first-order chi connectivity index (χ1) is 8.27. The summed E-state index contributed by atoms with van der Waals surface area (Å²) in [6, 6.07) is 15.2. The minimum Gasteiger partial charge on any atom is -0.387 e. The number of pyridine rings is 1. The monoisotopic (exact) mass is 247 g/mol. The lowest BCUT2D eigenvalue weighted by atomic mass is 10.0. The summed E-state index contributed by atoms with van der Waals surface area (Å²) in [4.78, 5) is 4.12. The van der Waals surface area contributed by atoms with Crippen molar-refractivity contribution in [1.29, 1.82) is 0 Å². The average molecular weight is 248 g/mol. The summed E-state index contributed by atoms with van der Waals surface area (Å²) in [5.41, 5.74) is 1.68. The number of hydrogen-bond acceptors (Lipinski definition) is 2. The van der Waals surface area contributed by atoms with Crippen LogP contribution in [0.5, 0.6) is 0 Å². The largest absolute Gasteiger partial charge is 0.387 e. The SMILES string of the molecule is O[C@@H](C[C@H](Cl)c1ccccc1)c1ccccn1. The van der Waals surface area contributed by atoms with E-state index in [9.17, 15) is 5.11 Å². The van der Waals surface area contributed by atoms with Gasteiger partial charge in [-0.15, -0.1) is 11.6 Å². The van der Waals surface area contributed by atoms with Gasteiger partial charge >= 0.3 is 0 Å². The lowest BCUT2D eigenvalue weighted by molar-refractivity contribution is 0.161. The van der Waals surface area contributed by atoms with Crippen LogP contribution in [-0.2, 0) is 0 Å². The fourth-order valence-electron chi connectivity index (χ4n) is 1.69. The summed E-state index contributed by atoms with van der Waals surface area (Å²) in [6.07, 6.45) is 1.51. The van der Waals surface area contributed by atoms with Gasteiger partial charge in [0.15, 0.2) is 0 Å². The Balaban J connectivity index is 2.02. The molecule has 2 nitrogen and oxygen atoms in total. The van der Waals surface area contributed by atoms with Crippen molar-refractivity contribution in [1.82, 2.24) is 4.98 Å². The minimum absolute atomic E-state index is 0.201. The van der Waals surface area contributed by atoms with Gasteiger partial charge in [0.2, 0.25) is 0 Å². The molecular weight excluding hydrogens is 234 g/mol. The molecule has 2 aromatic rings. The molecule has 88 valence electrons. The average Bonchev–Trinajstić information content (AvgIpc) is 2.40. The molecule has 1 aromatic carbocycles. The molecule has 3 heteroatoms. The van der Waals surface area contributed by atoms with Crippen LogP contribution in [0.1, 0.15) is 29.2 Å². The van der Waals surface area contributed by atoms with E-state index in [-0.39, 0.29) is 5.38 Å². The number of nitrogens with zero attached hydrogens (tertiary/aromatic N) is 1. The summed E-state index contributed by atoms with van der Waals surface area (Å²) >= 11 is 6.26. The summed E-state index contributed by atoms with van der Waals surface area (Å²) in [7, 11) is 0. The standard InChI is InChI=1S/C14H14ClNO/c15-12(11-6-2-1-3-7-11)10-14(17)13-8-4-5-9-16-13/h1-9,12,14,17H,10H2/t12-,14-/m0/s1. The van der Waals surface area contributed by atoms with Gasteiger partial charge in [0, 0.05) is 6.20 Å². The van der Waals surface area contributed by atoms with Gasteiger partial charge in [-0.25, -0.2) is 0 Å². The van der Waals surface area contributed by atoms with E-state index in [1.54, 1.807) is 12.3 Å². The van der Waals surface area contributed by atoms with Crippen LogP contribution in [0.25, 0.3) is 0 Å². The number of aliphatic hydroxyl groups is 1. The van der Waals surface area contributed by atoms with E-state index in [1.807, 2.05) is 42.5 Å². The Hall–Kier alpha value is -1.38. The summed E-state index contributed by atoms with van der Waals surface area (Å²) < 4.78 is 0. The van der Waals surface area contributed by atoms with E-state index in [1.165, 1.54) is 0 Å². The van der Waals surface area contributed by atoms with Crippen LogP contribution in [0.2, 0.25) is 0 Å². The van der Waals surface area contributed by atoms with Crippen LogP contribution in [0, 0.1) is 0 Å². The Morgan fingerprint density at radius 1 is 1.06 bits per heavy atom. The first-order valence-electron chi connectivity index (χ1n) is 5.55. The van der Waals surface area contributed by atoms with E-state index >= 15 is 0 Å². The molecule has 0 saturated heterocycles. The van der Waals surface area contributed by atoms with Crippen molar-refractivity contribution in [2.24, 2.45) is 0 Å². The number of aromatic nitrogens is 1. The number of halogens is 1. The Labute approximate surface area is 106 Å². The highest BCUT2D eigenvalue weighted by molar-refractivity contribution is 6.20. The van der Waals surface area contributed by atoms with E-state index in [0.717, 1.165) is 5.56 Å². The highest BCUT2D eigenvalue weighted by Crippen LogP contribution is 2.30. The van der Waals surface area contributed by atoms with Gasteiger partial charge in [-0.05, 0) is 24.1 Å². The second-order valence-electron chi connectivity index (χ2n) is 3.88. The maximum atomic E-state index is 10.0. The maximum Gasteiger partial charge on any atom is 0.0977 e. The molecule has 1 aromatic heterocycles. The van der Waals surface area contributed by atoms with E-state index in [4.69, 9.17) is 11.6 Å². The summed E-state index contributed by atoms with van der Waals surface area (Å²) in [5.74, 6) is 0. The predicted octanol–water partition coefficient (Wildman–Crippen LogP) is 3.49. The van der Waals surface area contributed by atoms with Crippen molar-refractivity contribution >= 4 is 11.6 Å². The third-order valence-corrected chi connectivity index (χ3v) is 3.05. The first-order valence-corrected chi connectivity index (χ1v) is 5.99. The van der Waals surface area contributed by atoms with E-state index in [2.05, 4.69) is 4.98 Å². The van der Waals surface area contributed by atoms with Crippen LogP contribution in [-0.4, -0.2) is 10.1 Å². The highest BCUT2D eigenvalue weighted by Gasteiger charge is 2.15. The highest BCUT2D eigenvalue weighted by atomic mass is 35.5. The van der Waals surface area contributed by atoms with Crippen molar-refractivity contribution in [2.45, 2.75) is 17.9 Å². The molecule has 0 spiro atoms. The number of hydrogen-bond donors (Lipinski definition) is 1. The fraction of sp³-hybridized carbons (Fsp3) is 0.214. The Morgan fingerprint density at radius 3 is 2.41 bits per heavy atom. The van der Waals surface area contributed by atoms with Crippen LogP contribution in [0.15, 0.2) is 54.7 Å². The third kappa shape index (κ3) is 3.29. The minimum atomic E-state index is -0.626. The molecule has 0 fully saturated rings. The zero-order valence-electron chi connectivity index (χ0n) is 9.33. The van der Waals surface area contributed by atoms with Crippen molar-refractivity contribution in [3.8, 4) is 0 Å². The molecule has 0 aliphatic heterocycles. The molecule has 0 aliphatic carbocycles. The number of alkyl halides is 1. The van der Waals surface area contributed by atoms with Crippen LogP contribution in [0.3, 0.4) is 0 Å². The molecule has 2 rings (SSSR count). The van der Waals surface area contributed by atoms with Gasteiger partial charge < -0.3 is 5.11 Å². The van der Waals surface area contributed by atoms with Crippen LogP contribution >= 0.6 is 11.6 Å². The molecule has 0 saturated carbocycles. The molecule has 0 unspecified atom stereocenters. The predicted molar refractivity (Wildman–Crippen MR) is 68.8 cm³/mol. The lowest BCUT2D eigenvalue weighted by Crippen LogP contribution is -2.03. The molecule has 0 radical (unpaired) electrons. The molecule has 2 atom stereocenters. The third-order valence-electron chi connectivity index (χ3n) is 2.62. The normalized spacial score (nSPS) is 14.2. The van der Waals surface area contributed by atoms with Gasteiger partial charge in [0.25, 0.3) is 0 Å². The van der Waals surface area contributed by atoms with Gasteiger partial charge in [-0.1, -0.05) is 36.4 Å². The molecule has 0 bridgehead atoms. The quantitative estimate of drug-likeness (QED) is 0.839. The van der Waals surface area contributed by atoms with Crippen LogP contribution < -0.4 is 0 Å². The zero-order valence-corrected chi connectivity index (χ0v) is 10.1. The smallest absolute Gasteiger partial charge is 0.0977 e. The Bertz CT molecular complexity index is 403. The maximum absolute atomic E-state index is 10.0. The molecule has 17 heavy (non-hydrogen) atoms. The van der Waals surface area contributed by atoms with Crippen molar-refractivity contribution in [3.63, 3.8) is 0 Å². The van der Waals surface area contributed by atoms with Crippen molar-refractivity contribution in [3.05, 3.63) is 66.0 Å². The number of benzene rings is 1. The van der Waals surface area contributed by atoms with E-state index < -0.39 is 6.10 Å². The second kappa shape index (κ2) is 5.80. The first kappa shape index (κ1) is 12.1. The fourth-order valence-corrected chi connectivity index (χ4v) is 2.00. The Morgan fingerprint density at radius 2 is 1.76 bits per heavy atom. The summed E-state index contributed by atoms with van der Waals surface area (Å²) in [6.45, 7) is 0. The molecular formula is C14H14ClNO. The van der Waals surface area contributed by atoms with Crippen molar-refractivity contribution in [2.75, 3.05) is 0 Å². The van der Waals surface area contributed by atoms with Crippen molar-refractivity contribution < 1.29 is 5.11 Å². The topological polar surface area (TPSA) is 33.1 Å². The Kier molecular flexibility index (Phi) is 4.13.